The minimum absolute atomic E-state index is 0.0276. The monoisotopic (exact) mass is 422 g/mol. The number of pyridine rings is 1. The minimum Gasteiger partial charge on any atom is -0.508 e. The summed E-state index contributed by atoms with van der Waals surface area (Å²) in [5, 5.41) is 12.6. The van der Waals surface area contributed by atoms with Crippen molar-refractivity contribution in [1.29, 1.82) is 0 Å². The molecule has 0 unspecified atom stereocenters. The summed E-state index contributed by atoms with van der Waals surface area (Å²) in [6.07, 6.45) is -4.70. The molecule has 0 bridgehead atoms. The Bertz CT molecular complexity index is 1070. The molecule has 3 aromatic rings. The third-order valence-corrected chi connectivity index (χ3v) is 4.12. The van der Waals surface area contributed by atoms with Crippen molar-refractivity contribution in [3.63, 3.8) is 0 Å². The molecule has 2 N–H and O–H groups in total. The predicted molar refractivity (Wildman–Crippen MR) is 102 cm³/mol. The lowest BCUT2D eigenvalue weighted by Crippen LogP contribution is -2.16. The second-order valence-electron chi connectivity index (χ2n) is 6.06. The highest BCUT2D eigenvalue weighted by Crippen LogP contribution is 2.32. The molecule has 1 aromatic heterocycles. The standard InChI is InChI=1S/C20H14ClF3N2O3/c1-11-5-6-12(21)9-16(11)25-18-15(7-8-17(26-18)20(22,23)24)19(28)29-14-4-2-3-13(27)10-14/h2-10,27H,1H3,(H,25,26). The van der Waals surface area contributed by atoms with Crippen molar-refractivity contribution in [2.75, 3.05) is 5.32 Å². The number of aromatic hydroxyl groups is 1. The number of nitrogens with one attached hydrogen (secondary N) is 1. The number of halogens is 4. The number of hydrogen-bond donors (Lipinski definition) is 2. The van der Waals surface area contributed by atoms with E-state index in [4.69, 9.17) is 16.3 Å². The zero-order valence-corrected chi connectivity index (χ0v) is 15.7. The number of phenols is 1. The van der Waals surface area contributed by atoms with Crippen LogP contribution in [0.15, 0.2) is 54.6 Å². The maximum atomic E-state index is 13.1. The van der Waals surface area contributed by atoms with Crippen molar-refractivity contribution < 1.29 is 27.8 Å². The number of phenolic OH excluding ortho intramolecular Hbond substituents is 1. The summed E-state index contributed by atoms with van der Waals surface area (Å²) in [6, 6.07) is 11.9. The Morgan fingerprint density at radius 2 is 1.90 bits per heavy atom. The van der Waals surface area contributed by atoms with E-state index in [0.29, 0.717) is 22.3 Å². The average molecular weight is 423 g/mol. The van der Waals surface area contributed by atoms with E-state index < -0.39 is 17.8 Å². The van der Waals surface area contributed by atoms with E-state index in [2.05, 4.69) is 10.3 Å². The Morgan fingerprint density at radius 1 is 1.14 bits per heavy atom. The zero-order chi connectivity index (χ0) is 21.2. The molecular weight excluding hydrogens is 409 g/mol. The van der Waals surface area contributed by atoms with Gasteiger partial charge in [-0.3, -0.25) is 0 Å². The number of esters is 1. The van der Waals surface area contributed by atoms with Crippen LogP contribution in [0, 0.1) is 6.92 Å². The highest BCUT2D eigenvalue weighted by atomic mass is 35.5. The number of ether oxygens (including phenoxy) is 1. The van der Waals surface area contributed by atoms with Gasteiger partial charge in [0.2, 0.25) is 0 Å². The van der Waals surface area contributed by atoms with Gasteiger partial charge in [0.25, 0.3) is 0 Å². The first-order valence-corrected chi connectivity index (χ1v) is 8.64. The number of alkyl halides is 3. The molecule has 2 aromatic carbocycles. The quantitative estimate of drug-likeness (QED) is 0.415. The molecule has 0 aliphatic heterocycles. The van der Waals surface area contributed by atoms with Crippen LogP contribution >= 0.6 is 11.6 Å². The van der Waals surface area contributed by atoms with E-state index in [1.54, 1.807) is 19.1 Å². The molecule has 0 fully saturated rings. The van der Waals surface area contributed by atoms with E-state index in [1.807, 2.05) is 0 Å². The molecule has 3 rings (SSSR count). The van der Waals surface area contributed by atoms with Gasteiger partial charge in [0, 0.05) is 16.8 Å². The molecule has 0 saturated carbocycles. The average Bonchev–Trinajstić information content (AvgIpc) is 2.64. The number of rotatable bonds is 4. The van der Waals surface area contributed by atoms with Gasteiger partial charge in [-0.25, -0.2) is 9.78 Å². The van der Waals surface area contributed by atoms with Gasteiger partial charge in [-0.05, 0) is 48.9 Å². The Balaban J connectivity index is 2.01. The summed E-state index contributed by atoms with van der Waals surface area (Å²) < 4.78 is 44.5. The number of carbonyl (C=O) groups excluding carboxylic acids is 1. The molecule has 5 nitrogen and oxygen atoms in total. The summed E-state index contributed by atoms with van der Waals surface area (Å²) in [4.78, 5) is 16.1. The predicted octanol–water partition coefficient (Wildman–Crippen LogP) is 5.73. The fraction of sp³-hybridized carbons (Fsp3) is 0.100. The highest BCUT2D eigenvalue weighted by molar-refractivity contribution is 6.30. The summed E-state index contributed by atoms with van der Waals surface area (Å²) in [7, 11) is 0. The van der Waals surface area contributed by atoms with E-state index in [9.17, 15) is 23.1 Å². The number of hydrogen-bond acceptors (Lipinski definition) is 5. The summed E-state index contributed by atoms with van der Waals surface area (Å²) in [5.74, 6) is -1.39. The fourth-order valence-electron chi connectivity index (χ4n) is 2.44. The molecule has 0 amide bonds. The number of carbonyl (C=O) groups is 1. The van der Waals surface area contributed by atoms with Crippen LogP contribution in [0.1, 0.15) is 21.6 Å². The molecular formula is C20H14ClF3N2O3. The van der Waals surface area contributed by atoms with Gasteiger partial charge in [0.15, 0.2) is 0 Å². The molecule has 0 atom stereocenters. The molecule has 0 radical (unpaired) electrons. The molecule has 0 saturated heterocycles. The zero-order valence-electron chi connectivity index (χ0n) is 14.9. The number of nitrogens with zero attached hydrogens (tertiary/aromatic N) is 1. The van der Waals surface area contributed by atoms with E-state index in [-0.39, 0.29) is 22.9 Å². The first-order chi connectivity index (χ1) is 13.6. The first kappa shape index (κ1) is 20.5. The van der Waals surface area contributed by atoms with Gasteiger partial charge >= 0.3 is 12.1 Å². The Hall–Kier alpha value is -3.26. The van der Waals surface area contributed by atoms with E-state index in [0.717, 1.165) is 6.07 Å². The van der Waals surface area contributed by atoms with Crippen molar-refractivity contribution in [1.82, 2.24) is 4.98 Å². The number of anilines is 2. The van der Waals surface area contributed by atoms with Crippen molar-refractivity contribution in [2.24, 2.45) is 0 Å². The Morgan fingerprint density at radius 3 is 2.59 bits per heavy atom. The van der Waals surface area contributed by atoms with Gasteiger partial charge in [-0.2, -0.15) is 13.2 Å². The molecule has 0 aliphatic carbocycles. The third kappa shape index (κ3) is 4.97. The lowest BCUT2D eigenvalue weighted by Gasteiger charge is -2.15. The minimum atomic E-state index is -4.70. The molecule has 29 heavy (non-hydrogen) atoms. The molecule has 1 heterocycles. The van der Waals surface area contributed by atoms with Crippen LogP contribution in [0.4, 0.5) is 24.7 Å². The van der Waals surface area contributed by atoms with Crippen molar-refractivity contribution in [2.45, 2.75) is 13.1 Å². The lowest BCUT2D eigenvalue weighted by molar-refractivity contribution is -0.141. The van der Waals surface area contributed by atoms with Crippen LogP contribution < -0.4 is 10.1 Å². The maximum absolute atomic E-state index is 13.1. The summed E-state index contributed by atoms with van der Waals surface area (Å²) >= 11 is 5.96. The van der Waals surface area contributed by atoms with Gasteiger partial charge in [0.05, 0.1) is 0 Å². The van der Waals surface area contributed by atoms with Gasteiger partial charge in [0.1, 0.15) is 28.6 Å². The van der Waals surface area contributed by atoms with Gasteiger partial charge in [-0.15, -0.1) is 0 Å². The Kier molecular flexibility index (Phi) is 5.65. The van der Waals surface area contributed by atoms with Crippen LogP contribution in [0.5, 0.6) is 11.5 Å². The van der Waals surface area contributed by atoms with Gasteiger partial charge in [-0.1, -0.05) is 23.7 Å². The molecule has 0 spiro atoms. The van der Waals surface area contributed by atoms with Crippen LogP contribution in [0.25, 0.3) is 0 Å². The van der Waals surface area contributed by atoms with Crippen molar-refractivity contribution in [3.05, 3.63) is 76.4 Å². The SMILES string of the molecule is Cc1ccc(Cl)cc1Nc1nc(C(F)(F)F)ccc1C(=O)Oc1cccc(O)c1. The molecule has 0 aliphatic rings. The van der Waals surface area contributed by atoms with Crippen molar-refractivity contribution in [3.8, 4) is 11.5 Å². The smallest absolute Gasteiger partial charge is 0.433 e. The topological polar surface area (TPSA) is 71.5 Å². The normalized spacial score (nSPS) is 11.2. The van der Waals surface area contributed by atoms with E-state index in [1.165, 1.54) is 30.3 Å². The number of aromatic nitrogens is 1. The maximum Gasteiger partial charge on any atom is 0.433 e. The Labute approximate surface area is 168 Å². The summed E-state index contributed by atoms with van der Waals surface area (Å²) in [5.41, 5.74) is -0.328. The van der Waals surface area contributed by atoms with Crippen molar-refractivity contribution >= 4 is 29.1 Å². The highest BCUT2D eigenvalue weighted by Gasteiger charge is 2.34. The van der Waals surface area contributed by atoms with Gasteiger partial charge < -0.3 is 15.2 Å². The van der Waals surface area contributed by atoms with Crippen LogP contribution in [0.3, 0.4) is 0 Å². The van der Waals surface area contributed by atoms with Crippen LogP contribution in [0.2, 0.25) is 5.02 Å². The third-order valence-electron chi connectivity index (χ3n) is 3.89. The molecule has 9 heteroatoms. The largest absolute Gasteiger partial charge is 0.508 e. The molecule has 150 valence electrons. The number of aryl methyl sites for hydroxylation is 1. The van der Waals surface area contributed by atoms with E-state index >= 15 is 0 Å². The fourth-order valence-corrected chi connectivity index (χ4v) is 2.61. The lowest BCUT2D eigenvalue weighted by atomic mass is 10.1. The second-order valence-corrected chi connectivity index (χ2v) is 6.50. The first-order valence-electron chi connectivity index (χ1n) is 8.26. The van der Waals surface area contributed by atoms with Crippen LogP contribution in [-0.4, -0.2) is 16.1 Å². The number of benzene rings is 2. The summed E-state index contributed by atoms with van der Waals surface area (Å²) in [6.45, 7) is 1.72. The second kappa shape index (κ2) is 8.00. The van der Waals surface area contributed by atoms with Crippen LogP contribution in [-0.2, 0) is 6.18 Å².